The molecule has 0 atom stereocenters. The lowest BCUT2D eigenvalue weighted by molar-refractivity contribution is 0.101. The Bertz CT molecular complexity index is 372. The van der Waals surface area contributed by atoms with Crippen LogP contribution in [0.5, 0.6) is 0 Å². The van der Waals surface area contributed by atoms with Crippen molar-refractivity contribution in [3.8, 4) is 0 Å². The molecule has 4 N–H and O–H groups in total. The van der Waals surface area contributed by atoms with Crippen LogP contribution >= 0.6 is 0 Å². The van der Waals surface area contributed by atoms with E-state index in [0.717, 1.165) is 5.69 Å². The normalized spacial score (nSPS) is 9.93. The van der Waals surface area contributed by atoms with Crippen molar-refractivity contribution in [3.63, 3.8) is 0 Å². The minimum atomic E-state index is -0.108. The lowest BCUT2D eigenvalue weighted by Crippen LogP contribution is -2.14. The van der Waals surface area contributed by atoms with Gasteiger partial charge in [-0.15, -0.1) is 0 Å². The van der Waals surface area contributed by atoms with Gasteiger partial charge in [-0.3, -0.25) is 4.79 Å². The SMILES string of the molecule is CC(=O)c1c(N)ccc(N(C)C)c1N. The first-order valence-electron chi connectivity index (χ1n) is 4.31. The Balaban J connectivity index is 3.41. The Morgan fingerprint density at radius 1 is 1.29 bits per heavy atom. The number of rotatable bonds is 2. The second-order valence-electron chi connectivity index (χ2n) is 3.41. The molecule has 0 spiro atoms. The average molecular weight is 193 g/mol. The van der Waals surface area contributed by atoms with Crippen molar-refractivity contribution in [1.29, 1.82) is 0 Å². The number of nitrogens with two attached hydrogens (primary N) is 2. The van der Waals surface area contributed by atoms with Crippen LogP contribution in [0.4, 0.5) is 17.1 Å². The third kappa shape index (κ3) is 1.64. The number of benzene rings is 1. The summed E-state index contributed by atoms with van der Waals surface area (Å²) in [5, 5.41) is 0. The maximum absolute atomic E-state index is 11.3. The smallest absolute Gasteiger partial charge is 0.164 e. The van der Waals surface area contributed by atoms with Gasteiger partial charge in [-0.1, -0.05) is 0 Å². The van der Waals surface area contributed by atoms with E-state index in [4.69, 9.17) is 11.5 Å². The van der Waals surface area contributed by atoms with E-state index in [9.17, 15) is 4.79 Å². The molecule has 0 aliphatic carbocycles. The highest BCUT2D eigenvalue weighted by Crippen LogP contribution is 2.29. The number of carbonyl (C=O) groups is 1. The van der Waals surface area contributed by atoms with Crippen molar-refractivity contribution in [2.75, 3.05) is 30.5 Å². The van der Waals surface area contributed by atoms with E-state index in [0.29, 0.717) is 16.9 Å². The lowest BCUT2D eigenvalue weighted by Gasteiger charge is -2.17. The summed E-state index contributed by atoms with van der Waals surface area (Å²) in [6, 6.07) is 3.50. The summed E-state index contributed by atoms with van der Waals surface area (Å²) in [6.45, 7) is 1.46. The Hall–Kier alpha value is -1.71. The Kier molecular flexibility index (Phi) is 2.65. The van der Waals surface area contributed by atoms with Crippen LogP contribution in [0.25, 0.3) is 0 Å². The van der Waals surface area contributed by atoms with Gasteiger partial charge in [-0.2, -0.15) is 0 Å². The van der Waals surface area contributed by atoms with Crippen molar-refractivity contribution >= 4 is 22.8 Å². The number of nitrogens with zero attached hydrogens (tertiary/aromatic N) is 1. The van der Waals surface area contributed by atoms with Gasteiger partial charge in [0.2, 0.25) is 0 Å². The zero-order valence-corrected chi connectivity index (χ0v) is 8.66. The molecule has 14 heavy (non-hydrogen) atoms. The predicted molar refractivity (Wildman–Crippen MR) is 59.6 cm³/mol. The van der Waals surface area contributed by atoms with Crippen LogP contribution in [0.15, 0.2) is 12.1 Å². The van der Waals surface area contributed by atoms with Crippen LogP contribution < -0.4 is 16.4 Å². The fraction of sp³-hybridized carbons (Fsp3) is 0.300. The summed E-state index contributed by atoms with van der Waals surface area (Å²) in [5.74, 6) is -0.108. The molecule has 0 radical (unpaired) electrons. The lowest BCUT2D eigenvalue weighted by atomic mass is 10.1. The van der Waals surface area contributed by atoms with Gasteiger partial charge in [-0.25, -0.2) is 0 Å². The Labute approximate surface area is 83.5 Å². The molecule has 0 heterocycles. The van der Waals surface area contributed by atoms with E-state index < -0.39 is 0 Å². The largest absolute Gasteiger partial charge is 0.398 e. The van der Waals surface area contributed by atoms with Crippen molar-refractivity contribution in [2.45, 2.75) is 6.92 Å². The number of Topliss-reactive ketones (excluding diaryl/α,β-unsaturated/α-hetero) is 1. The minimum absolute atomic E-state index is 0.108. The number of ketones is 1. The maximum atomic E-state index is 11.3. The summed E-state index contributed by atoms with van der Waals surface area (Å²) in [7, 11) is 3.73. The summed E-state index contributed by atoms with van der Waals surface area (Å²) in [4.78, 5) is 13.1. The fourth-order valence-corrected chi connectivity index (χ4v) is 1.41. The van der Waals surface area contributed by atoms with E-state index >= 15 is 0 Å². The number of hydrogen-bond donors (Lipinski definition) is 2. The van der Waals surface area contributed by atoms with Crippen LogP contribution in [0.1, 0.15) is 17.3 Å². The van der Waals surface area contributed by atoms with Gasteiger partial charge in [-0.05, 0) is 19.1 Å². The molecule has 0 fully saturated rings. The maximum Gasteiger partial charge on any atom is 0.164 e. The molecule has 0 bridgehead atoms. The van der Waals surface area contributed by atoms with Crippen molar-refractivity contribution in [2.24, 2.45) is 0 Å². The average Bonchev–Trinajstić information content (AvgIpc) is 2.02. The van der Waals surface area contributed by atoms with Gasteiger partial charge in [0.1, 0.15) is 0 Å². The molecule has 0 aromatic heterocycles. The second kappa shape index (κ2) is 3.57. The van der Waals surface area contributed by atoms with E-state index in [-0.39, 0.29) is 5.78 Å². The van der Waals surface area contributed by atoms with Crippen molar-refractivity contribution in [3.05, 3.63) is 17.7 Å². The second-order valence-corrected chi connectivity index (χ2v) is 3.41. The van der Waals surface area contributed by atoms with Crippen LogP contribution in [0.3, 0.4) is 0 Å². The first-order chi connectivity index (χ1) is 6.45. The monoisotopic (exact) mass is 193 g/mol. The van der Waals surface area contributed by atoms with E-state index in [1.165, 1.54) is 6.92 Å². The molecule has 0 aliphatic heterocycles. The molecule has 4 nitrogen and oxygen atoms in total. The quantitative estimate of drug-likeness (QED) is 0.545. The third-order valence-corrected chi connectivity index (χ3v) is 2.09. The van der Waals surface area contributed by atoms with Crippen LogP contribution in [0.2, 0.25) is 0 Å². The molecule has 1 aromatic rings. The number of hydrogen-bond acceptors (Lipinski definition) is 4. The summed E-state index contributed by atoms with van der Waals surface area (Å²) >= 11 is 0. The molecule has 0 unspecified atom stereocenters. The van der Waals surface area contributed by atoms with Crippen LogP contribution in [-0.4, -0.2) is 19.9 Å². The first-order valence-corrected chi connectivity index (χ1v) is 4.31. The fourth-order valence-electron chi connectivity index (χ4n) is 1.41. The van der Waals surface area contributed by atoms with Gasteiger partial charge >= 0.3 is 0 Å². The molecular formula is C10H15N3O. The van der Waals surface area contributed by atoms with Crippen LogP contribution in [0, 0.1) is 0 Å². The van der Waals surface area contributed by atoms with Gasteiger partial charge < -0.3 is 16.4 Å². The van der Waals surface area contributed by atoms with E-state index in [1.54, 1.807) is 12.1 Å². The highest BCUT2D eigenvalue weighted by Gasteiger charge is 2.13. The molecule has 1 aromatic carbocycles. The number of nitrogen functional groups attached to an aromatic ring is 2. The van der Waals surface area contributed by atoms with E-state index in [2.05, 4.69) is 0 Å². The topological polar surface area (TPSA) is 72.4 Å². The van der Waals surface area contributed by atoms with Gasteiger partial charge in [0.15, 0.2) is 5.78 Å². The zero-order chi connectivity index (χ0) is 10.9. The first kappa shape index (κ1) is 10.4. The standard InChI is InChI=1S/C10H15N3O/c1-6(14)9-7(11)4-5-8(10(9)12)13(2)3/h4-5H,11-12H2,1-3H3. The molecule has 1 rings (SSSR count). The molecule has 0 saturated carbocycles. The van der Waals surface area contributed by atoms with E-state index in [1.807, 2.05) is 19.0 Å². The predicted octanol–water partition coefficient (Wildman–Crippen LogP) is 1.12. The molecule has 0 aliphatic rings. The molecular weight excluding hydrogens is 178 g/mol. The molecule has 0 saturated heterocycles. The summed E-state index contributed by atoms with van der Waals surface area (Å²) in [6.07, 6.45) is 0. The van der Waals surface area contributed by atoms with Crippen molar-refractivity contribution < 1.29 is 4.79 Å². The highest BCUT2D eigenvalue weighted by molar-refractivity contribution is 6.06. The molecule has 0 amide bonds. The third-order valence-electron chi connectivity index (χ3n) is 2.09. The minimum Gasteiger partial charge on any atom is -0.398 e. The van der Waals surface area contributed by atoms with Crippen molar-refractivity contribution in [1.82, 2.24) is 0 Å². The van der Waals surface area contributed by atoms with Gasteiger partial charge in [0.25, 0.3) is 0 Å². The number of anilines is 3. The summed E-state index contributed by atoms with van der Waals surface area (Å²) in [5.41, 5.74) is 13.6. The van der Waals surface area contributed by atoms with Gasteiger partial charge in [0, 0.05) is 19.8 Å². The Morgan fingerprint density at radius 2 is 1.86 bits per heavy atom. The Morgan fingerprint density at radius 3 is 2.29 bits per heavy atom. The molecule has 4 heteroatoms. The summed E-state index contributed by atoms with van der Waals surface area (Å²) < 4.78 is 0. The highest BCUT2D eigenvalue weighted by atomic mass is 16.1. The number of carbonyl (C=O) groups excluding carboxylic acids is 1. The molecule has 76 valence electrons. The zero-order valence-electron chi connectivity index (χ0n) is 8.66. The van der Waals surface area contributed by atoms with Gasteiger partial charge in [0.05, 0.1) is 16.9 Å². The van der Waals surface area contributed by atoms with Crippen LogP contribution in [-0.2, 0) is 0 Å².